The summed E-state index contributed by atoms with van der Waals surface area (Å²) in [7, 11) is -2.26. The third kappa shape index (κ3) is 4.09. The molecule has 0 aliphatic rings. The van der Waals surface area contributed by atoms with Crippen molar-refractivity contribution in [3.05, 3.63) is 29.8 Å². The van der Waals surface area contributed by atoms with Gasteiger partial charge in [0.25, 0.3) is 7.72 Å². The van der Waals surface area contributed by atoms with Crippen LogP contribution in [0.15, 0.2) is 24.3 Å². The molecule has 0 aliphatic carbocycles. The zero-order valence-electron chi connectivity index (χ0n) is 10.1. The lowest BCUT2D eigenvalue weighted by Crippen LogP contribution is -2.07. The molecule has 0 heterocycles. The molecule has 3 nitrogen and oxygen atoms in total. The fourth-order valence-corrected chi connectivity index (χ4v) is 3.66. The minimum atomic E-state index is -2.26. The Kier molecular flexibility index (Phi) is 4.72. The zero-order chi connectivity index (χ0) is 12.2. The Morgan fingerprint density at radius 1 is 1.44 bits per heavy atom. The molecular weight excluding hydrogens is 223 g/mol. The fraction of sp³-hybridized carbons (Fsp3) is 0.500. The third-order valence-corrected chi connectivity index (χ3v) is 4.50. The van der Waals surface area contributed by atoms with Crippen molar-refractivity contribution < 1.29 is 14.5 Å². The molecular formula is C12H20O3P+. The summed E-state index contributed by atoms with van der Waals surface area (Å²) in [6.45, 7) is 6.22. The van der Waals surface area contributed by atoms with E-state index >= 15 is 0 Å². The van der Waals surface area contributed by atoms with E-state index in [0.717, 1.165) is 5.56 Å². The van der Waals surface area contributed by atoms with Crippen LogP contribution in [0.25, 0.3) is 0 Å². The topological polar surface area (TPSA) is 49.7 Å². The molecule has 1 aromatic rings. The lowest BCUT2D eigenvalue weighted by Gasteiger charge is -2.18. The van der Waals surface area contributed by atoms with Crippen molar-refractivity contribution in [1.82, 2.24) is 0 Å². The molecule has 2 N–H and O–H groups in total. The molecule has 0 bridgehead atoms. The Balaban J connectivity index is 2.68. The summed E-state index contributed by atoms with van der Waals surface area (Å²) in [5.74, 6) is 0.445. The Morgan fingerprint density at radius 2 is 2.12 bits per heavy atom. The van der Waals surface area contributed by atoms with Gasteiger partial charge in [-0.25, -0.2) is 9.42 Å². The maximum Gasteiger partial charge on any atom is 0.269 e. The number of phenols is 1. The van der Waals surface area contributed by atoms with Crippen molar-refractivity contribution in [2.24, 2.45) is 0 Å². The van der Waals surface area contributed by atoms with Gasteiger partial charge in [0.2, 0.25) is 0 Å². The monoisotopic (exact) mass is 243 g/mol. The van der Waals surface area contributed by atoms with Gasteiger partial charge >= 0.3 is 0 Å². The highest BCUT2D eigenvalue weighted by atomic mass is 31.2. The van der Waals surface area contributed by atoms with Crippen LogP contribution in [-0.4, -0.2) is 29.4 Å². The van der Waals surface area contributed by atoms with Crippen LogP contribution in [-0.2, 0) is 4.52 Å². The lowest BCUT2D eigenvalue weighted by atomic mass is 10.0. The van der Waals surface area contributed by atoms with Gasteiger partial charge in [0.05, 0.1) is 6.61 Å². The molecule has 0 fully saturated rings. The summed E-state index contributed by atoms with van der Waals surface area (Å²) in [5.41, 5.74) is 1.03. The van der Waals surface area contributed by atoms with Crippen molar-refractivity contribution in [2.75, 3.05) is 19.4 Å². The Labute approximate surface area is 97.6 Å². The van der Waals surface area contributed by atoms with Gasteiger partial charge in [0.15, 0.2) is 0 Å². The van der Waals surface area contributed by atoms with Crippen LogP contribution in [0.2, 0.25) is 0 Å². The van der Waals surface area contributed by atoms with Gasteiger partial charge in [0.1, 0.15) is 18.6 Å². The van der Waals surface area contributed by atoms with Crippen molar-refractivity contribution in [3.8, 4) is 5.75 Å². The molecule has 4 heteroatoms. The molecule has 16 heavy (non-hydrogen) atoms. The maximum absolute atomic E-state index is 10.0. The van der Waals surface area contributed by atoms with Gasteiger partial charge in [-0.2, -0.15) is 0 Å². The van der Waals surface area contributed by atoms with Crippen LogP contribution >= 0.6 is 7.72 Å². The van der Waals surface area contributed by atoms with E-state index in [9.17, 15) is 10.00 Å². The molecule has 0 radical (unpaired) electrons. The van der Waals surface area contributed by atoms with Crippen LogP contribution in [0.3, 0.4) is 0 Å². The first-order valence-corrected chi connectivity index (χ1v) is 7.75. The lowest BCUT2D eigenvalue weighted by molar-refractivity contribution is 0.311. The standard InChI is InChI=1S/C12H19O3P/c1-4-15-16(3,14)9-10(2)11-6-5-7-12(13)8-11/h5-8,10,14H,4,9H2,1-3H3/p+1/t10-,16?/m1/s1. The molecule has 1 rings (SSSR count). The second kappa shape index (κ2) is 5.62. The van der Waals surface area contributed by atoms with Gasteiger partial charge in [0, 0.05) is 5.92 Å². The predicted octanol–water partition coefficient (Wildman–Crippen LogP) is 3.00. The van der Waals surface area contributed by atoms with E-state index in [1.807, 2.05) is 26.0 Å². The average molecular weight is 243 g/mol. The molecule has 0 saturated carbocycles. The molecule has 0 aromatic heterocycles. The molecule has 90 valence electrons. The Morgan fingerprint density at radius 3 is 2.69 bits per heavy atom. The molecule has 0 amide bonds. The smallest absolute Gasteiger partial charge is 0.269 e. The molecule has 0 spiro atoms. The summed E-state index contributed by atoms with van der Waals surface area (Å²) in [6.07, 6.45) is 0.615. The predicted molar refractivity (Wildman–Crippen MR) is 68.1 cm³/mol. The first-order chi connectivity index (χ1) is 7.44. The maximum atomic E-state index is 10.0. The van der Waals surface area contributed by atoms with Crippen molar-refractivity contribution >= 4 is 7.72 Å². The van der Waals surface area contributed by atoms with Crippen molar-refractivity contribution in [1.29, 1.82) is 0 Å². The molecule has 0 aliphatic heterocycles. The molecule has 2 atom stereocenters. The number of hydrogen-bond donors (Lipinski definition) is 2. The zero-order valence-corrected chi connectivity index (χ0v) is 10.9. The summed E-state index contributed by atoms with van der Waals surface area (Å²) in [6, 6.07) is 7.15. The number of phenolic OH excluding ortho intramolecular Hbond substituents is 1. The number of rotatable bonds is 5. The van der Waals surface area contributed by atoms with Crippen LogP contribution in [0.4, 0.5) is 0 Å². The van der Waals surface area contributed by atoms with Crippen LogP contribution in [0, 0.1) is 0 Å². The average Bonchev–Trinajstić information content (AvgIpc) is 2.16. The first kappa shape index (κ1) is 13.4. The van der Waals surface area contributed by atoms with Gasteiger partial charge in [-0.05, 0) is 24.6 Å². The summed E-state index contributed by atoms with van der Waals surface area (Å²) in [4.78, 5) is 10.0. The fourth-order valence-electron chi connectivity index (χ4n) is 1.78. The SMILES string of the molecule is CCO[P+](C)(O)C[C@@H](C)c1cccc(O)c1. The highest BCUT2D eigenvalue weighted by molar-refractivity contribution is 7.64. The number of benzene rings is 1. The normalized spacial score (nSPS) is 16.8. The molecule has 0 saturated heterocycles. The van der Waals surface area contributed by atoms with E-state index in [4.69, 9.17) is 4.52 Å². The van der Waals surface area contributed by atoms with E-state index in [2.05, 4.69) is 0 Å². The van der Waals surface area contributed by atoms with Gasteiger partial charge in [-0.15, -0.1) is 0 Å². The largest absolute Gasteiger partial charge is 0.508 e. The number of aromatic hydroxyl groups is 1. The molecule has 1 aromatic carbocycles. The van der Waals surface area contributed by atoms with Gasteiger partial charge in [-0.3, -0.25) is 0 Å². The third-order valence-electron chi connectivity index (χ3n) is 2.46. The van der Waals surface area contributed by atoms with Crippen LogP contribution in [0.5, 0.6) is 5.75 Å². The van der Waals surface area contributed by atoms with Gasteiger partial charge in [-0.1, -0.05) is 19.1 Å². The van der Waals surface area contributed by atoms with Gasteiger partial charge < -0.3 is 5.11 Å². The van der Waals surface area contributed by atoms with Crippen molar-refractivity contribution in [2.45, 2.75) is 19.8 Å². The minimum absolute atomic E-state index is 0.182. The minimum Gasteiger partial charge on any atom is -0.508 e. The summed E-state index contributed by atoms with van der Waals surface area (Å²) < 4.78 is 5.36. The second-order valence-corrected chi connectivity index (χ2v) is 6.87. The quantitative estimate of drug-likeness (QED) is 0.781. The van der Waals surface area contributed by atoms with E-state index in [1.165, 1.54) is 0 Å². The first-order valence-electron chi connectivity index (χ1n) is 5.46. The van der Waals surface area contributed by atoms with Crippen LogP contribution < -0.4 is 0 Å². The van der Waals surface area contributed by atoms with E-state index < -0.39 is 7.72 Å². The molecule has 1 unspecified atom stereocenters. The highest BCUT2D eigenvalue weighted by Gasteiger charge is 2.33. The Hall–Kier alpha value is -0.630. The Bertz CT molecular complexity index is 339. The summed E-state index contributed by atoms with van der Waals surface area (Å²) in [5, 5.41) is 9.38. The van der Waals surface area contributed by atoms with Crippen molar-refractivity contribution in [3.63, 3.8) is 0 Å². The highest BCUT2D eigenvalue weighted by Crippen LogP contribution is 2.54. The van der Waals surface area contributed by atoms with E-state index in [0.29, 0.717) is 12.8 Å². The second-order valence-electron chi connectivity index (χ2n) is 4.15. The number of hydrogen-bond acceptors (Lipinski definition) is 3. The van der Waals surface area contributed by atoms with E-state index in [-0.39, 0.29) is 11.7 Å². The van der Waals surface area contributed by atoms with Crippen LogP contribution in [0.1, 0.15) is 25.3 Å². The van der Waals surface area contributed by atoms with E-state index in [1.54, 1.807) is 18.8 Å². The summed E-state index contributed by atoms with van der Waals surface area (Å²) >= 11 is 0.